The summed E-state index contributed by atoms with van der Waals surface area (Å²) in [6.45, 7) is 2.35. The van der Waals surface area contributed by atoms with E-state index in [-0.39, 0.29) is 30.2 Å². The Kier molecular flexibility index (Phi) is 6.50. The number of nitrogens with zero attached hydrogens (tertiary/aromatic N) is 2. The summed E-state index contributed by atoms with van der Waals surface area (Å²) in [6.07, 6.45) is 9.36. The molecule has 6 nitrogen and oxygen atoms in total. The van der Waals surface area contributed by atoms with Crippen LogP contribution in [0, 0.1) is 5.82 Å². The zero-order chi connectivity index (χ0) is 24.4. The molecule has 1 N–H and O–H groups in total. The maximum atomic E-state index is 13.9. The number of benzene rings is 1. The third-order valence-electron chi connectivity index (χ3n) is 7.46. The standard InChI is InChI=1S/C28H32FN3O3/c1-28(27(34)30-22-8-5-3-2-4-6-9-22)19-31-23(25-10-7-17-35-25)15-16-24(31)26(33)32(28)18-20-11-13-21(29)14-12-20/h7,10-17,22H,2-6,8-9,18-19H2,1H3,(H,30,34)/t28-/m0/s1. The minimum atomic E-state index is -1.12. The third kappa shape index (κ3) is 4.64. The van der Waals surface area contributed by atoms with Crippen molar-refractivity contribution in [2.24, 2.45) is 0 Å². The van der Waals surface area contributed by atoms with Crippen LogP contribution in [-0.2, 0) is 17.9 Å². The molecule has 7 heteroatoms. The maximum Gasteiger partial charge on any atom is 0.271 e. The fourth-order valence-electron chi connectivity index (χ4n) is 5.37. The highest BCUT2D eigenvalue weighted by atomic mass is 19.1. The van der Waals surface area contributed by atoms with Crippen molar-refractivity contribution in [3.05, 3.63) is 71.9 Å². The van der Waals surface area contributed by atoms with Crippen molar-refractivity contribution < 1.29 is 18.4 Å². The van der Waals surface area contributed by atoms with Gasteiger partial charge >= 0.3 is 0 Å². The Balaban J connectivity index is 1.49. The molecule has 1 fully saturated rings. The minimum Gasteiger partial charge on any atom is -0.463 e. The molecule has 1 aliphatic heterocycles. The molecule has 2 amide bonds. The van der Waals surface area contributed by atoms with E-state index in [1.165, 1.54) is 31.4 Å². The molecular weight excluding hydrogens is 445 g/mol. The highest BCUT2D eigenvalue weighted by molar-refractivity contribution is 6.00. The maximum absolute atomic E-state index is 13.9. The number of halogens is 1. The summed E-state index contributed by atoms with van der Waals surface area (Å²) in [5, 5.41) is 3.29. The van der Waals surface area contributed by atoms with Crippen molar-refractivity contribution in [1.29, 1.82) is 0 Å². The molecule has 0 spiro atoms. The fraction of sp³-hybridized carbons (Fsp3) is 0.429. The molecule has 3 heterocycles. The predicted octanol–water partition coefficient (Wildman–Crippen LogP) is 5.53. The van der Waals surface area contributed by atoms with Crippen molar-refractivity contribution in [2.75, 3.05) is 0 Å². The molecule has 35 heavy (non-hydrogen) atoms. The van der Waals surface area contributed by atoms with Crippen LogP contribution in [0.1, 0.15) is 67.9 Å². The van der Waals surface area contributed by atoms with Crippen molar-refractivity contribution in [3.8, 4) is 11.5 Å². The summed E-state index contributed by atoms with van der Waals surface area (Å²) < 4.78 is 21.0. The van der Waals surface area contributed by atoms with Gasteiger partial charge in [-0.05, 0) is 61.7 Å². The SMILES string of the molecule is C[C@@]1(C(=O)NC2CCCCCCC2)Cn2c(ccc2-c2ccco2)C(=O)N1Cc1ccc(F)cc1. The number of hydrogen-bond acceptors (Lipinski definition) is 3. The first-order valence-electron chi connectivity index (χ1n) is 12.6. The van der Waals surface area contributed by atoms with E-state index in [1.54, 1.807) is 35.4 Å². The Morgan fingerprint density at radius 1 is 1.03 bits per heavy atom. The van der Waals surface area contributed by atoms with Gasteiger partial charge in [-0.15, -0.1) is 0 Å². The molecule has 0 bridgehead atoms. The summed E-state index contributed by atoms with van der Waals surface area (Å²) in [5.74, 6) is -0.0590. The van der Waals surface area contributed by atoms with Crippen LogP contribution < -0.4 is 5.32 Å². The third-order valence-corrected chi connectivity index (χ3v) is 7.46. The van der Waals surface area contributed by atoms with E-state index in [9.17, 15) is 14.0 Å². The van der Waals surface area contributed by atoms with Gasteiger partial charge in [0.2, 0.25) is 5.91 Å². The van der Waals surface area contributed by atoms with Gasteiger partial charge in [-0.25, -0.2) is 4.39 Å². The van der Waals surface area contributed by atoms with Gasteiger partial charge in [-0.3, -0.25) is 9.59 Å². The number of hydrogen-bond donors (Lipinski definition) is 1. The number of carbonyl (C=O) groups excluding carboxylic acids is 2. The Morgan fingerprint density at radius 3 is 2.40 bits per heavy atom. The lowest BCUT2D eigenvalue weighted by Gasteiger charge is -2.45. The number of carbonyl (C=O) groups is 2. The zero-order valence-electron chi connectivity index (χ0n) is 20.1. The first-order valence-corrected chi connectivity index (χ1v) is 12.6. The Hall–Kier alpha value is -3.35. The molecule has 184 valence electrons. The molecule has 0 radical (unpaired) electrons. The number of amides is 2. The van der Waals surface area contributed by atoms with Crippen LogP contribution in [0.3, 0.4) is 0 Å². The lowest BCUT2D eigenvalue weighted by atomic mass is 9.91. The van der Waals surface area contributed by atoms with Crippen molar-refractivity contribution in [2.45, 2.75) is 76.5 Å². The van der Waals surface area contributed by atoms with Gasteiger partial charge in [-0.2, -0.15) is 0 Å². The average Bonchev–Trinajstić information content (AvgIpc) is 3.49. The van der Waals surface area contributed by atoms with Crippen LogP contribution >= 0.6 is 0 Å². The van der Waals surface area contributed by atoms with E-state index in [0.717, 1.165) is 36.9 Å². The Bertz CT molecular complexity index is 1180. The molecule has 0 unspecified atom stereocenters. The summed E-state index contributed by atoms with van der Waals surface area (Å²) in [6, 6.07) is 13.5. The molecule has 1 aromatic carbocycles. The molecule has 1 atom stereocenters. The lowest BCUT2D eigenvalue weighted by molar-refractivity contribution is -0.134. The quantitative estimate of drug-likeness (QED) is 0.525. The van der Waals surface area contributed by atoms with E-state index >= 15 is 0 Å². The van der Waals surface area contributed by atoms with E-state index in [4.69, 9.17) is 4.42 Å². The van der Waals surface area contributed by atoms with Crippen molar-refractivity contribution in [1.82, 2.24) is 14.8 Å². The molecule has 3 aromatic rings. The Morgan fingerprint density at radius 2 is 1.71 bits per heavy atom. The van der Waals surface area contributed by atoms with Gasteiger partial charge in [0.15, 0.2) is 0 Å². The molecule has 5 rings (SSSR count). The van der Waals surface area contributed by atoms with E-state index in [0.29, 0.717) is 18.0 Å². The zero-order valence-corrected chi connectivity index (χ0v) is 20.1. The average molecular weight is 478 g/mol. The van der Waals surface area contributed by atoms with Crippen LogP contribution in [0.25, 0.3) is 11.5 Å². The number of nitrogens with one attached hydrogen (secondary N) is 1. The van der Waals surface area contributed by atoms with Gasteiger partial charge in [0.25, 0.3) is 5.91 Å². The monoisotopic (exact) mass is 477 g/mol. The van der Waals surface area contributed by atoms with E-state index in [2.05, 4.69) is 5.32 Å². The summed E-state index contributed by atoms with van der Waals surface area (Å²) >= 11 is 0. The number of aromatic nitrogens is 1. The second kappa shape index (κ2) is 9.72. The first kappa shape index (κ1) is 23.4. The molecule has 2 aliphatic rings. The summed E-state index contributed by atoms with van der Waals surface area (Å²) in [7, 11) is 0. The number of fused-ring (bicyclic) bond motifs is 1. The predicted molar refractivity (Wildman–Crippen MR) is 131 cm³/mol. The van der Waals surface area contributed by atoms with E-state index < -0.39 is 5.54 Å². The molecular formula is C28H32FN3O3. The van der Waals surface area contributed by atoms with Crippen molar-refractivity contribution >= 4 is 11.8 Å². The van der Waals surface area contributed by atoms with Gasteiger partial charge in [0.1, 0.15) is 22.8 Å². The largest absolute Gasteiger partial charge is 0.463 e. The first-order chi connectivity index (χ1) is 17.0. The minimum absolute atomic E-state index is 0.109. The van der Waals surface area contributed by atoms with Crippen LogP contribution in [0.5, 0.6) is 0 Å². The topological polar surface area (TPSA) is 67.5 Å². The number of furan rings is 1. The number of rotatable bonds is 5. The van der Waals surface area contributed by atoms with Gasteiger partial charge in [-0.1, -0.05) is 44.2 Å². The molecule has 1 aliphatic carbocycles. The van der Waals surface area contributed by atoms with Gasteiger partial charge in [0, 0.05) is 12.6 Å². The van der Waals surface area contributed by atoms with Crippen molar-refractivity contribution in [3.63, 3.8) is 0 Å². The molecule has 2 aromatic heterocycles. The molecule has 0 saturated heterocycles. The summed E-state index contributed by atoms with van der Waals surface area (Å²) in [5.41, 5.74) is 0.928. The van der Waals surface area contributed by atoms with E-state index in [1.807, 2.05) is 23.6 Å². The summed E-state index contributed by atoms with van der Waals surface area (Å²) in [4.78, 5) is 29.4. The van der Waals surface area contributed by atoms with Crippen LogP contribution in [0.15, 0.2) is 59.2 Å². The second-order valence-corrected chi connectivity index (χ2v) is 9.97. The van der Waals surface area contributed by atoms with Gasteiger partial charge in [0.05, 0.1) is 18.5 Å². The highest BCUT2D eigenvalue weighted by Gasteiger charge is 2.48. The fourth-order valence-corrected chi connectivity index (χ4v) is 5.37. The Labute approximate surface area is 205 Å². The van der Waals surface area contributed by atoms with Crippen LogP contribution in [0.4, 0.5) is 4.39 Å². The van der Waals surface area contributed by atoms with Gasteiger partial charge < -0.3 is 19.2 Å². The van der Waals surface area contributed by atoms with Crippen LogP contribution in [0.2, 0.25) is 0 Å². The second-order valence-electron chi connectivity index (χ2n) is 9.97. The smallest absolute Gasteiger partial charge is 0.271 e. The lowest BCUT2D eigenvalue weighted by Crippen LogP contribution is -2.64. The van der Waals surface area contributed by atoms with Crippen LogP contribution in [-0.4, -0.2) is 32.9 Å². The molecule has 1 saturated carbocycles. The highest BCUT2D eigenvalue weighted by Crippen LogP contribution is 2.34. The normalized spacial score (nSPS) is 21.3.